The van der Waals surface area contributed by atoms with Crippen molar-refractivity contribution in [3.63, 3.8) is 0 Å². The van der Waals surface area contributed by atoms with Gasteiger partial charge >= 0.3 is 0 Å². The summed E-state index contributed by atoms with van der Waals surface area (Å²) in [5.74, 6) is 0. The predicted molar refractivity (Wildman–Crippen MR) is 328 cm³/mol. The topological polar surface area (TPSA) is 6.48 Å². The van der Waals surface area contributed by atoms with Gasteiger partial charge in [0, 0.05) is 34.1 Å². The van der Waals surface area contributed by atoms with Gasteiger partial charge in [0.25, 0.3) is 6.71 Å². The van der Waals surface area contributed by atoms with Crippen molar-refractivity contribution in [1.82, 2.24) is 0 Å². The minimum absolute atomic E-state index is 0.0819. The molecule has 2 aliphatic rings. The lowest BCUT2D eigenvalue weighted by Crippen LogP contribution is -2.61. The minimum Gasteiger partial charge on any atom is -0.311 e. The summed E-state index contributed by atoms with van der Waals surface area (Å²) >= 11 is 0. The van der Waals surface area contributed by atoms with E-state index in [2.05, 4.69) is 281 Å². The van der Waals surface area contributed by atoms with Gasteiger partial charge in [0.1, 0.15) is 0 Å². The molecule has 0 radical (unpaired) electrons. The Hall–Kier alpha value is -7.62. The van der Waals surface area contributed by atoms with Gasteiger partial charge in [-0.05, 0) is 174 Å². The van der Waals surface area contributed by atoms with Crippen molar-refractivity contribution < 1.29 is 0 Å². The van der Waals surface area contributed by atoms with Gasteiger partial charge in [-0.25, -0.2) is 0 Å². The standard InChI is InChI=1S/C72H67BN2/c1-69(2,3)50-36-51(70(4,5)6)39-54(38-50)74-64-42-60-47(30-28-45-21-14-17-25-57(45)60)32-62(64)73-63-33-48-31-29-46-22-15-18-26-58(46)61(48)43-65(63)75(55-40-52(71(7,8)9)37-53(41-55)72(10,11)12)67-35-49(34-66(74)68(67)73)59-27-19-23-44-20-13-16-24-56(44)59/h13-43H,1-12H3. The summed E-state index contributed by atoms with van der Waals surface area (Å²) < 4.78 is 0. The monoisotopic (exact) mass is 971 g/mol. The van der Waals surface area contributed by atoms with Crippen LogP contribution in [0.25, 0.3) is 65.0 Å². The van der Waals surface area contributed by atoms with Gasteiger partial charge in [-0.2, -0.15) is 0 Å². The molecule has 0 amide bonds. The predicted octanol–water partition coefficient (Wildman–Crippen LogP) is 18.4. The van der Waals surface area contributed by atoms with Crippen LogP contribution in [-0.4, -0.2) is 6.71 Å². The fraction of sp³-hybridized carbons (Fsp3) is 0.222. The zero-order valence-corrected chi connectivity index (χ0v) is 45.9. The van der Waals surface area contributed by atoms with E-state index in [0.717, 1.165) is 0 Å². The first-order valence-electron chi connectivity index (χ1n) is 27.2. The number of fused-ring (bicyclic) bond motifs is 11. The van der Waals surface area contributed by atoms with E-state index < -0.39 is 0 Å². The highest BCUT2D eigenvalue weighted by Gasteiger charge is 2.45. The van der Waals surface area contributed by atoms with Crippen LogP contribution in [0, 0.1) is 0 Å². The molecule has 2 heterocycles. The summed E-state index contributed by atoms with van der Waals surface area (Å²) in [6, 6.07) is 73.2. The van der Waals surface area contributed by atoms with E-state index in [1.54, 1.807) is 0 Å². The second kappa shape index (κ2) is 16.4. The molecule has 0 fully saturated rings. The summed E-state index contributed by atoms with van der Waals surface area (Å²) in [7, 11) is 0. The highest BCUT2D eigenvalue weighted by Crippen LogP contribution is 2.50. The van der Waals surface area contributed by atoms with Crippen molar-refractivity contribution >= 4 is 111 Å². The van der Waals surface area contributed by atoms with Crippen LogP contribution in [0.2, 0.25) is 0 Å². The fourth-order valence-electron chi connectivity index (χ4n) is 12.4. The van der Waals surface area contributed by atoms with Crippen molar-refractivity contribution in [2.24, 2.45) is 0 Å². The first-order chi connectivity index (χ1) is 35.7. The fourth-order valence-corrected chi connectivity index (χ4v) is 12.4. The zero-order chi connectivity index (χ0) is 52.1. The smallest absolute Gasteiger partial charge is 0.252 e. The molecule has 0 bridgehead atoms. The van der Waals surface area contributed by atoms with Gasteiger partial charge in [0.15, 0.2) is 0 Å². The Balaban J connectivity index is 1.24. The van der Waals surface area contributed by atoms with E-state index in [1.807, 2.05) is 0 Å². The number of benzene rings is 11. The molecule has 2 nitrogen and oxygen atoms in total. The van der Waals surface area contributed by atoms with Crippen LogP contribution >= 0.6 is 0 Å². The molecule has 75 heavy (non-hydrogen) atoms. The van der Waals surface area contributed by atoms with E-state index in [9.17, 15) is 0 Å². The maximum absolute atomic E-state index is 2.68. The van der Waals surface area contributed by atoms with Crippen LogP contribution in [0.3, 0.4) is 0 Å². The van der Waals surface area contributed by atoms with Gasteiger partial charge in [-0.3, -0.25) is 0 Å². The maximum atomic E-state index is 2.68. The summed E-state index contributed by atoms with van der Waals surface area (Å²) in [5.41, 5.74) is 18.6. The van der Waals surface area contributed by atoms with Crippen molar-refractivity contribution in [3.05, 3.63) is 210 Å². The second-order valence-corrected chi connectivity index (χ2v) is 25.9. The summed E-state index contributed by atoms with van der Waals surface area (Å²) in [6.45, 7) is 28.3. The zero-order valence-electron chi connectivity index (χ0n) is 45.9. The van der Waals surface area contributed by atoms with Gasteiger partial charge in [-0.1, -0.05) is 223 Å². The first kappa shape index (κ1) is 47.1. The van der Waals surface area contributed by atoms with Crippen LogP contribution < -0.4 is 26.2 Å². The molecular weight excluding hydrogens is 904 g/mol. The Kier molecular flexibility index (Phi) is 10.3. The van der Waals surface area contributed by atoms with Crippen LogP contribution in [0.15, 0.2) is 188 Å². The molecule has 0 saturated heterocycles. The molecule has 0 aliphatic carbocycles. The van der Waals surface area contributed by atoms with Gasteiger partial charge < -0.3 is 9.80 Å². The Morgan fingerprint density at radius 3 is 1.07 bits per heavy atom. The van der Waals surface area contributed by atoms with Gasteiger partial charge in [0.2, 0.25) is 0 Å². The summed E-state index contributed by atoms with van der Waals surface area (Å²) in [4.78, 5) is 5.35. The SMILES string of the molecule is CC(C)(C)c1cc(N2c3cc4c(ccc5ccccc54)cc3B3c4cc5ccc6ccccc6c5cc4N(c4cc(C(C)(C)C)cc(C(C)(C)C)c4)c4cc(-c5cccc6ccccc56)cc2c43)cc(C(C)(C)C)c1. The lowest BCUT2D eigenvalue weighted by atomic mass is 9.33. The average molecular weight is 971 g/mol. The second-order valence-electron chi connectivity index (χ2n) is 25.9. The van der Waals surface area contributed by atoms with Crippen molar-refractivity contribution in [2.75, 3.05) is 9.80 Å². The molecule has 0 N–H and O–H groups in total. The van der Waals surface area contributed by atoms with Crippen molar-refractivity contribution in [2.45, 2.75) is 105 Å². The normalized spacial score (nSPS) is 13.8. The highest BCUT2D eigenvalue weighted by atomic mass is 15.2. The van der Waals surface area contributed by atoms with E-state index in [1.165, 1.54) is 138 Å². The Labute approximate surface area is 444 Å². The molecule has 11 aromatic rings. The van der Waals surface area contributed by atoms with Crippen molar-refractivity contribution in [3.8, 4) is 11.1 Å². The van der Waals surface area contributed by atoms with E-state index >= 15 is 0 Å². The molecule has 3 heteroatoms. The third kappa shape index (κ3) is 7.67. The van der Waals surface area contributed by atoms with Gasteiger partial charge in [0.05, 0.1) is 0 Å². The lowest BCUT2D eigenvalue weighted by Gasteiger charge is -2.45. The summed E-state index contributed by atoms with van der Waals surface area (Å²) in [5, 5.41) is 12.6. The molecule has 13 rings (SSSR count). The molecule has 11 aromatic carbocycles. The molecule has 0 unspecified atom stereocenters. The largest absolute Gasteiger partial charge is 0.311 e. The van der Waals surface area contributed by atoms with Gasteiger partial charge in [-0.15, -0.1) is 0 Å². The molecule has 2 aliphatic heterocycles. The molecule has 0 aromatic heterocycles. The molecule has 0 spiro atoms. The number of hydrogen-bond acceptors (Lipinski definition) is 2. The number of hydrogen-bond donors (Lipinski definition) is 0. The molecule has 0 saturated carbocycles. The van der Waals surface area contributed by atoms with E-state index in [-0.39, 0.29) is 28.4 Å². The highest BCUT2D eigenvalue weighted by molar-refractivity contribution is 7.00. The van der Waals surface area contributed by atoms with E-state index in [0.29, 0.717) is 0 Å². The molecule has 0 atom stereocenters. The quantitative estimate of drug-likeness (QED) is 0.129. The number of nitrogens with zero attached hydrogens (tertiary/aromatic N) is 2. The molecular formula is C72H67BN2. The average Bonchev–Trinajstić information content (AvgIpc) is 3.38. The van der Waals surface area contributed by atoms with Crippen LogP contribution in [-0.2, 0) is 21.7 Å². The molecule has 368 valence electrons. The minimum atomic E-state index is -0.0925. The van der Waals surface area contributed by atoms with Crippen LogP contribution in [0.5, 0.6) is 0 Å². The van der Waals surface area contributed by atoms with Crippen molar-refractivity contribution in [1.29, 1.82) is 0 Å². The lowest BCUT2D eigenvalue weighted by molar-refractivity contribution is 0.568. The van der Waals surface area contributed by atoms with Crippen LogP contribution in [0.1, 0.15) is 105 Å². The number of rotatable bonds is 3. The first-order valence-corrected chi connectivity index (χ1v) is 27.2. The maximum Gasteiger partial charge on any atom is 0.252 e. The van der Waals surface area contributed by atoms with E-state index in [4.69, 9.17) is 0 Å². The third-order valence-corrected chi connectivity index (χ3v) is 16.7. The van der Waals surface area contributed by atoms with Crippen LogP contribution in [0.4, 0.5) is 34.1 Å². The Morgan fingerprint density at radius 1 is 0.293 bits per heavy atom. The Bertz CT molecular complexity index is 3890. The number of anilines is 6. The summed E-state index contributed by atoms with van der Waals surface area (Å²) in [6.07, 6.45) is 0. The Morgan fingerprint density at radius 2 is 0.653 bits per heavy atom. The third-order valence-electron chi connectivity index (χ3n) is 16.7.